The SMILES string of the molecule is CCCCCCCCCCCCCCCCCCCCCC(=O)SCCNC(=O)CCNC(=O)[C@H](O)C(C)(C)COP(=O)(O)OP(=O)(O)OC[C@H]1O[C@@H](n2cnc3c(N)ncnc32)C(O)[C@H]1OP(=O)(O)O.N.N.N. The molecule has 2 aromatic rings. The van der Waals surface area contributed by atoms with Crippen molar-refractivity contribution in [2.45, 2.75) is 186 Å². The van der Waals surface area contributed by atoms with Gasteiger partial charge in [0.2, 0.25) is 11.8 Å². The molecule has 3 heterocycles. The van der Waals surface area contributed by atoms with Crippen molar-refractivity contribution in [1.82, 2.24) is 48.6 Å². The number of carbonyl (C=O) groups excluding carboxylic acids is 3. The van der Waals surface area contributed by atoms with Gasteiger partial charge >= 0.3 is 23.5 Å². The smallest absolute Gasteiger partial charge is 0.386 e. The summed E-state index contributed by atoms with van der Waals surface area (Å²) in [6.45, 7) is 2.85. The number of imidazole rings is 1. The number of amides is 2. The first kappa shape index (κ1) is 71.4. The Hall–Kier alpha value is -2.56. The second-order valence-corrected chi connectivity index (χ2v) is 23.8. The number of aliphatic hydroxyl groups is 2. The lowest BCUT2D eigenvalue weighted by molar-refractivity contribution is -0.137. The largest absolute Gasteiger partial charge is 0.481 e. The van der Waals surface area contributed by atoms with E-state index in [0.29, 0.717) is 12.2 Å². The van der Waals surface area contributed by atoms with Crippen LogP contribution in [0.2, 0.25) is 0 Å². The highest BCUT2D eigenvalue weighted by molar-refractivity contribution is 8.13. The number of nitrogen functional groups attached to an aromatic ring is 1. The maximum absolute atomic E-state index is 12.8. The molecule has 2 aromatic heterocycles. The van der Waals surface area contributed by atoms with Gasteiger partial charge in [-0.05, 0) is 6.42 Å². The second kappa shape index (κ2) is 36.5. The Bertz CT molecular complexity index is 2080. The van der Waals surface area contributed by atoms with Crippen LogP contribution in [0.15, 0.2) is 12.7 Å². The van der Waals surface area contributed by atoms with Crippen molar-refractivity contribution in [3.63, 3.8) is 0 Å². The Morgan fingerprint density at radius 2 is 1.31 bits per heavy atom. The van der Waals surface area contributed by atoms with Crippen molar-refractivity contribution in [1.29, 1.82) is 0 Å². The topological polar surface area (TPSA) is 469 Å². The van der Waals surface area contributed by atoms with E-state index in [4.69, 9.17) is 19.5 Å². The van der Waals surface area contributed by atoms with E-state index in [-0.39, 0.29) is 60.1 Å². The number of phosphoric acid groups is 3. The van der Waals surface area contributed by atoms with Gasteiger partial charge in [-0.3, -0.25) is 32.5 Å². The third-order valence-corrected chi connectivity index (χ3v) is 15.8. The Balaban J connectivity index is 0.0000178. The van der Waals surface area contributed by atoms with Gasteiger partial charge in [0.1, 0.15) is 36.3 Å². The van der Waals surface area contributed by atoms with Crippen LogP contribution in [0.5, 0.6) is 0 Å². The third-order valence-electron chi connectivity index (χ3n) is 11.7. The van der Waals surface area contributed by atoms with Gasteiger partial charge < -0.3 is 69.3 Å². The molecule has 1 aliphatic heterocycles. The zero-order chi connectivity index (χ0) is 52.5. The van der Waals surface area contributed by atoms with Crippen molar-refractivity contribution >= 4 is 69.1 Å². The Morgan fingerprint density at radius 1 is 0.784 bits per heavy atom. The van der Waals surface area contributed by atoms with E-state index in [9.17, 15) is 57.9 Å². The van der Waals surface area contributed by atoms with E-state index >= 15 is 0 Å². The zero-order valence-electron chi connectivity index (χ0n) is 43.3. The predicted molar refractivity (Wildman–Crippen MR) is 280 cm³/mol. The number of fused-ring (bicyclic) bond motifs is 1. The molecule has 0 aromatic carbocycles. The maximum Gasteiger partial charge on any atom is 0.481 e. The van der Waals surface area contributed by atoms with Crippen molar-refractivity contribution in [3.8, 4) is 0 Å². The van der Waals surface area contributed by atoms with Crippen molar-refractivity contribution in [2.24, 2.45) is 5.41 Å². The summed E-state index contributed by atoms with van der Waals surface area (Å²) < 4.78 is 62.5. The lowest BCUT2D eigenvalue weighted by Gasteiger charge is -2.30. The summed E-state index contributed by atoms with van der Waals surface area (Å²) in [7, 11) is -16.4. The first-order valence-corrected chi connectivity index (χ1v) is 30.1. The van der Waals surface area contributed by atoms with Gasteiger partial charge in [0.05, 0.1) is 19.5 Å². The molecule has 0 bridgehead atoms. The first-order valence-electron chi connectivity index (χ1n) is 24.6. The number of rotatable bonds is 39. The van der Waals surface area contributed by atoms with Crippen LogP contribution in [0, 0.1) is 5.41 Å². The van der Waals surface area contributed by atoms with Gasteiger partial charge in [0, 0.05) is 37.1 Å². The number of carbonyl (C=O) groups is 3. The lowest BCUT2D eigenvalue weighted by Crippen LogP contribution is -2.46. The van der Waals surface area contributed by atoms with Crippen LogP contribution >= 0.6 is 35.2 Å². The number of aliphatic hydroxyl groups excluding tert-OH is 2. The highest BCUT2D eigenvalue weighted by Gasteiger charge is 2.50. The minimum absolute atomic E-state index is 0. The number of nitrogens with two attached hydrogens (primary N) is 1. The molecule has 1 saturated heterocycles. The van der Waals surface area contributed by atoms with Gasteiger partial charge in [-0.25, -0.2) is 28.6 Å². The fraction of sp³-hybridized carbons (Fsp3) is 0.814. The molecule has 0 spiro atoms. The van der Waals surface area contributed by atoms with Crippen molar-refractivity contribution in [3.05, 3.63) is 12.7 Å². The number of nitrogens with zero attached hydrogens (tertiary/aromatic N) is 4. The van der Waals surface area contributed by atoms with Crippen LogP contribution in [0.4, 0.5) is 5.82 Å². The zero-order valence-corrected chi connectivity index (χ0v) is 46.8. The van der Waals surface area contributed by atoms with Crippen molar-refractivity contribution in [2.75, 3.05) is 37.8 Å². The van der Waals surface area contributed by atoms with Crippen LogP contribution in [-0.2, 0) is 50.7 Å². The number of hydrogen-bond acceptors (Lipinski definition) is 21. The summed E-state index contributed by atoms with van der Waals surface area (Å²) in [5.41, 5.74) is 4.30. The van der Waals surface area contributed by atoms with Crippen molar-refractivity contribution < 1.29 is 80.5 Å². The molecule has 3 rings (SSSR count). The number of anilines is 1. The van der Waals surface area contributed by atoms with Crippen LogP contribution in [-0.4, -0.2) is 123 Å². The third kappa shape index (κ3) is 27.7. The molecule has 0 aliphatic carbocycles. The quantitative estimate of drug-likeness (QED) is 0.0237. The molecule has 1 fully saturated rings. The molecule has 0 radical (unpaired) electrons. The molecule has 7 atom stereocenters. The first-order chi connectivity index (χ1) is 33.6. The van der Waals surface area contributed by atoms with Crippen LogP contribution in [0.3, 0.4) is 0 Å². The summed E-state index contributed by atoms with van der Waals surface area (Å²) in [6.07, 6.45) is 18.0. The number of aromatic nitrogens is 4. The van der Waals surface area contributed by atoms with Gasteiger partial charge in [-0.1, -0.05) is 148 Å². The normalized spacial score (nSPS) is 18.8. The van der Waals surface area contributed by atoms with Gasteiger partial charge in [0.25, 0.3) is 0 Å². The number of unbranched alkanes of at least 4 members (excludes halogenated alkanes) is 18. The molecular weight excluding hydrogens is 1050 g/mol. The molecule has 0 saturated carbocycles. The molecule has 2 amide bonds. The average Bonchev–Trinajstić information content (AvgIpc) is 3.86. The molecule has 1 aliphatic rings. The summed E-state index contributed by atoms with van der Waals surface area (Å²) in [6, 6.07) is 0. The number of phosphoric ester groups is 3. The van der Waals surface area contributed by atoms with Crippen LogP contribution < -0.4 is 34.8 Å². The predicted octanol–water partition coefficient (Wildman–Crippen LogP) is 6.97. The monoisotopic (exact) mass is 1140 g/mol. The summed E-state index contributed by atoms with van der Waals surface area (Å²) in [4.78, 5) is 88.5. The Labute approximate surface area is 438 Å². The summed E-state index contributed by atoms with van der Waals surface area (Å²) >= 11 is 1.16. The molecular formula is C43H87N10O17P3S. The summed E-state index contributed by atoms with van der Waals surface area (Å²) in [5, 5.41) is 26.7. The van der Waals surface area contributed by atoms with E-state index in [2.05, 4.69) is 41.3 Å². The Morgan fingerprint density at radius 3 is 1.85 bits per heavy atom. The maximum atomic E-state index is 12.8. The van der Waals surface area contributed by atoms with Gasteiger partial charge in [-0.2, -0.15) is 4.31 Å². The van der Waals surface area contributed by atoms with E-state index in [1.54, 1.807) is 0 Å². The van der Waals surface area contributed by atoms with E-state index < -0.39 is 84.6 Å². The molecule has 74 heavy (non-hydrogen) atoms. The van der Waals surface area contributed by atoms with Gasteiger partial charge in [-0.15, -0.1) is 0 Å². The number of nitrogens with one attached hydrogen (secondary N) is 2. The number of thioether (sulfide) groups is 1. The average molecular weight is 1140 g/mol. The Kier molecular flexibility index (Phi) is 35.3. The van der Waals surface area contributed by atoms with E-state index in [1.807, 2.05) is 0 Å². The molecule has 31 heteroatoms. The molecule has 27 nitrogen and oxygen atoms in total. The molecule has 432 valence electrons. The molecule has 3 unspecified atom stereocenters. The van der Waals surface area contributed by atoms with Crippen LogP contribution in [0.1, 0.15) is 162 Å². The number of hydrogen-bond donors (Lipinski definition) is 12. The fourth-order valence-electron chi connectivity index (χ4n) is 7.71. The van der Waals surface area contributed by atoms with E-state index in [0.717, 1.165) is 48.2 Å². The minimum atomic E-state index is -5.58. The lowest BCUT2D eigenvalue weighted by atomic mass is 9.87. The summed E-state index contributed by atoms with van der Waals surface area (Å²) in [5.74, 6) is -1.01. The van der Waals surface area contributed by atoms with Gasteiger partial charge in [0.15, 0.2) is 22.8 Å². The standard InChI is InChI=1S/C43H78N7O17P3S.3H3N/c1-4-5-6-7-8-9-10-11-12-13-14-15-16-17-18-19-20-21-22-23-34(52)71-27-26-45-33(51)24-25-46-41(55)38(54)43(2,3)29-64-70(61,62)67-69(59,60)63-28-32-37(66-68(56,57)58)36(53)42(65-32)50-31-49-35-39(44)47-30-48-40(35)50;;;/h30-32,36-38,42,53-54H,4-29H2,1-3H3,(H,45,51)(H,46,55)(H,59,60)(H,61,62)(H2,44,47,48)(H2,56,57,58);3*1H3/t32-,36?,37+,38+,42-;;;/m1.../s1. The minimum Gasteiger partial charge on any atom is -0.386 e. The van der Waals surface area contributed by atoms with E-state index in [1.165, 1.54) is 117 Å². The molecule has 19 N–H and O–H groups in total. The second-order valence-electron chi connectivity index (χ2n) is 18.4. The number of ether oxygens (including phenoxy) is 1. The highest BCUT2D eigenvalue weighted by Crippen LogP contribution is 2.61. The van der Waals surface area contributed by atoms with Crippen LogP contribution in [0.25, 0.3) is 11.2 Å². The highest BCUT2D eigenvalue weighted by atomic mass is 32.2. The fourth-order valence-corrected chi connectivity index (χ4v) is 11.3.